The Labute approximate surface area is 122 Å². The summed E-state index contributed by atoms with van der Waals surface area (Å²) >= 11 is 0. The molecule has 0 aromatic heterocycles. The highest BCUT2D eigenvalue weighted by atomic mass is 16.3. The van der Waals surface area contributed by atoms with Crippen LogP contribution in [0, 0.1) is 29.1 Å². The van der Waals surface area contributed by atoms with Crippen molar-refractivity contribution in [3.05, 3.63) is 0 Å². The molecular formula is C17H29NO2. The fraction of sp³-hybridized carbons (Fsp3) is 0.941. The second kappa shape index (κ2) is 5.32. The van der Waals surface area contributed by atoms with E-state index in [2.05, 4.69) is 12.2 Å². The second-order valence-electron chi connectivity index (χ2n) is 8.10. The average Bonchev–Trinajstić information content (AvgIpc) is 2.33. The maximum absolute atomic E-state index is 12.7. The van der Waals surface area contributed by atoms with Gasteiger partial charge in [0.25, 0.3) is 0 Å². The molecule has 4 rings (SSSR count). The Morgan fingerprint density at radius 2 is 1.65 bits per heavy atom. The minimum atomic E-state index is -0.276. The van der Waals surface area contributed by atoms with E-state index < -0.39 is 0 Å². The molecule has 2 N–H and O–H groups in total. The third kappa shape index (κ3) is 2.74. The molecule has 3 nitrogen and oxygen atoms in total. The molecule has 0 aromatic rings. The summed E-state index contributed by atoms with van der Waals surface area (Å²) in [5.74, 6) is 3.13. The first-order valence-electron chi connectivity index (χ1n) is 8.43. The van der Waals surface area contributed by atoms with Crippen molar-refractivity contribution in [2.24, 2.45) is 29.1 Å². The normalized spacial score (nSPS) is 41.5. The number of aliphatic hydroxyl groups is 1. The van der Waals surface area contributed by atoms with E-state index in [0.717, 1.165) is 43.4 Å². The lowest BCUT2D eigenvalue weighted by atomic mass is 9.49. The highest BCUT2D eigenvalue weighted by Gasteiger charge is 2.54. The number of amides is 1. The van der Waals surface area contributed by atoms with Crippen molar-refractivity contribution in [1.82, 2.24) is 5.32 Å². The zero-order valence-electron chi connectivity index (χ0n) is 12.9. The lowest BCUT2D eigenvalue weighted by molar-refractivity contribution is -0.146. The molecule has 0 radical (unpaired) electrons. The minimum Gasteiger partial charge on any atom is -0.393 e. The van der Waals surface area contributed by atoms with Crippen LogP contribution in [0.3, 0.4) is 0 Å². The smallest absolute Gasteiger partial charge is 0.226 e. The van der Waals surface area contributed by atoms with Gasteiger partial charge in [-0.25, -0.2) is 0 Å². The summed E-state index contributed by atoms with van der Waals surface area (Å²) in [6, 6.07) is 0. The number of carbonyl (C=O) groups is 1. The topological polar surface area (TPSA) is 49.3 Å². The van der Waals surface area contributed by atoms with Crippen LogP contribution in [-0.2, 0) is 4.79 Å². The van der Waals surface area contributed by atoms with Gasteiger partial charge in [-0.3, -0.25) is 4.79 Å². The Hall–Kier alpha value is -0.570. The van der Waals surface area contributed by atoms with Gasteiger partial charge in [-0.2, -0.15) is 0 Å². The molecule has 0 aliphatic heterocycles. The maximum atomic E-state index is 12.7. The van der Waals surface area contributed by atoms with Crippen LogP contribution in [0.4, 0.5) is 0 Å². The van der Waals surface area contributed by atoms with Crippen molar-refractivity contribution < 1.29 is 9.90 Å². The Morgan fingerprint density at radius 1 is 1.15 bits per heavy atom. The SMILES string of the molecule is C[C@H](CNC(=O)C12CC3CC(CC(C3)C1)C2)C[C@H](C)O. The molecule has 4 fully saturated rings. The van der Waals surface area contributed by atoms with Crippen molar-refractivity contribution in [1.29, 1.82) is 0 Å². The summed E-state index contributed by atoms with van der Waals surface area (Å²) in [4.78, 5) is 12.7. The number of hydrogen-bond acceptors (Lipinski definition) is 2. The third-order valence-corrected chi connectivity index (χ3v) is 5.87. The lowest BCUT2D eigenvalue weighted by Gasteiger charge is -2.55. The van der Waals surface area contributed by atoms with Crippen LogP contribution in [0.15, 0.2) is 0 Å². The van der Waals surface area contributed by atoms with E-state index in [1.807, 2.05) is 6.92 Å². The largest absolute Gasteiger partial charge is 0.393 e. The maximum Gasteiger partial charge on any atom is 0.226 e. The van der Waals surface area contributed by atoms with Gasteiger partial charge in [-0.1, -0.05) is 6.92 Å². The van der Waals surface area contributed by atoms with Crippen LogP contribution in [0.2, 0.25) is 0 Å². The summed E-state index contributed by atoms with van der Waals surface area (Å²) in [6.07, 6.45) is 8.03. The Bertz CT molecular complexity index is 342. The summed E-state index contributed by atoms with van der Waals surface area (Å²) in [5.41, 5.74) is -0.0285. The number of carbonyl (C=O) groups excluding carboxylic acids is 1. The van der Waals surface area contributed by atoms with E-state index in [4.69, 9.17) is 0 Å². The highest BCUT2D eigenvalue weighted by Crippen LogP contribution is 2.60. The molecule has 2 atom stereocenters. The molecule has 0 spiro atoms. The second-order valence-corrected chi connectivity index (χ2v) is 8.10. The minimum absolute atomic E-state index is 0.0285. The van der Waals surface area contributed by atoms with Gasteiger partial charge in [0.1, 0.15) is 0 Å². The Balaban J connectivity index is 1.57. The number of rotatable bonds is 5. The van der Waals surface area contributed by atoms with Crippen LogP contribution >= 0.6 is 0 Å². The predicted octanol–water partition coefficient (Wildman–Crippen LogP) is 2.73. The molecule has 4 aliphatic carbocycles. The van der Waals surface area contributed by atoms with Gasteiger partial charge in [-0.05, 0) is 75.5 Å². The van der Waals surface area contributed by atoms with Gasteiger partial charge in [0, 0.05) is 12.0 Å². The molecule has 114 valence electrons. The van der Waals surface area contributed by atoms with Gasteiger partial charge in [0.05, 0.1) is 6.10 Å². The molecule has 0 aromatic carbocycles. The van der Waals surface area contributed by atoms with Crippen LogP contribution < -0.4 is 5.32 Å². The third-order valence-electron chi connectivity index (χ3n) is 5.87. The fourth-order valence-corrected chi connectivity index (χ4v) is 5.51. The van der Waals surface area contributed by atoms with E-state index in [9.17, 15) is 9.90 Å². The van der Waals surface area contributed by atoms with Crippen molar-refractivity contribution in [2.75, 3.05) is 6.54 Å². The average molecular weight is 279 g/mol. The predicted molar refractivity (Wildman–Crippen MR) is 79.1 cm³/mol. The number of aliphatic hydroxyl groups excluding tert-OH is 1. The summed E-state index contributed by atoms with van der Waals surface area (Å²) in [6.45, 7) is 4.63. The van der Waals surface area contributed by atoms with Crippen molar-refractivity contribution in [3.8, 4) is 0 Å². The van der Waals surface area contributed by atoms with Gasteiger partial charge >= 0.3 is 0 Å². The molecule has 4 saturated carbocycles. The molecule has 3 heteroatoms. The molecule has 1 amide bonds. The van der Waals surface area contributed by atoms with E-state index in [0.29, 0.717) is 18.4 Å². The van der Waals surface area contributed by atoms with Crippen molar-refractivity contribution >= 4 is 5.91 Å². The lowest BCUT2D eigenvalue weighted by Crippen LogP contribution is -2.54. The Kier molecular flexibility index (Phi) is 3.83. The van der Waals surface area contributed by atoms with Crippen LogP contribution in [0.25, 0.3) is 0 Å². The molecule has 0 heterocycles. The quantitative estimate of drug-likeness (QED) is 0.813. The van der Waals surface area contributed by atoms with Crippen LogP contribution in [0.5, 0.6) is 0 Å². The van der Waals surface area contributed by atoms with E-state index in [1.165, 1.54) is 19.3 Å². The first-order chi connectivity index (χ1) is 9.47. The number of nitrogens with one attached hydrogen (secondary N) is 1. The van der Waals surface area contributed by atoms with Crippen molar-refractivity contribution in [2.45, 2.75) is 64.9 Å². The van der Waals surface area contributed by atoms with E-state index >= 15 is 0 Å². The van der Waals surface area contributed by atoms with Gasteiger partial charge in [0.2, 0.25) is 5.91 Å². The van der Waals surface area contributed by atoms with Crippen LogP contribution in [0.1, 0.15) is 58.8 Å². The zero-order valence-corrected chi connectivity index (χ0v) is 12.9. The highest BCUT2D eigenvalue weighted by molar-refractivity contribution is 5.83. The zero-order chi connectivity index (χ0) is 14.3. The first-order valence-corrected chi connectivity index (χ1v) is 8.43. The molecule has 20 heavy (non-hydrogen) atoms. The number of hydrogen-bond donors (Lipinski definition) is 2. The van der Waals surface area contributed by atoms with Crippen molar-refractivity contribution in [3.63, 3.8) is 0 Å². The standard InChI is InChI=1S/C17H29NO2/c1-11(3-12(2)19)10-18-16(20)17-7-13-4-14(8-17)6-15(5-13)9-17/h11-15,19H,3-10H2,1-2H3,(H,18,20)/t11-,12-,13?,14?,15?,17?/m0/s1. The van der Waals surface area contributed by atoms with E-state index in [-0.39, 0.29) is 11.5 Å². The van der Waals surface area contributed by atoms with Gasteiger partial charge in [-0.15, -0.1) is 0 Å². The monoisotopic (exact) mass is 279 g/mol. The summed E-state index contributed by atoms with van der Waals surface area (Å²) in [5, 5.41) is 12.6. The molecule has 4 aliphatic rings. The summed E-state index contributed by atoms with van der Waals surface area (Å²) in [7, 11) is 0. The fourth-order valence-electron chi connectivity index (χ4n) is 5.51. The van der Waals surface area contributed by atoms with Gasteiger partial charge in [0.15, 0.2) is 0 Å². The molecule has 4 bridgehead atoms. The molecular weight excluding hydrogens is 250 g/mol. The van der Waals surface area contributed by atoms with E-state index in [1.54, 1.807) is 0 Å². The summed E-state index contributed by atoms with van der Waals surface area (Å²) < 4.78 is 0. The van der Waals surface area contributed by atoms with Gasteiger partial charge < -0.3 is 10.4 Å². The molecule has 0 saturated heterocycles. The van der Waals surface area contributed by atoms with Crippen LogP contribution in [-0.4, -0.2) is 23.7 Å². The molecule has 0 unspecified atom stereocenters. The first kappa shape index (κ1) is 14.4. The Morgan fingerprint density at radius 3 is 2.10 bits per heavy atom.